The summed E-state index contributed by atoms with van der Waals surface area (Å²) in [6.45, 7) is 0. The summed E-state index contributed by atoms with van der Waals surface area (Å²) in [5.41, 5.74) is -0.151. The maximum Gasteiger partial charge on any atom is 0.433 e. The summed E-state index contributed by atoms with van der Waals surface area (Å²) in [5.74, 6) is -1.19. The highest BCUT2D eigenvalue weighted by atomic mass is 19.4. The van der Waals surface area contributed by atoms with Crippen LogP contribution in [0.3, 0.4) is 0 Å². The van der Waals surface area contributed by atoms with Crippen molar-refractivity contribution in [3.05, 3.63) is 59.8 Å². The summed E-state index contributed by atoms with van der Waals surface area (Å²) in [6.07, 6.45) is -2.48. The van der Waals surface area contributed by atoms with Crippen molar-refractivity contribution < 1.29 is 23.1 Å². The first-order valence-electron chi connectivity index (χ1n) is 5.92. The fourth-order valence-corrected chi connectivity index (χ4v) is 1.75. The molecule has 1 N–H and O–H groups in total. The molecular weight excluding hydrogens is 283 g/mol. The summed E-state index contributed by atoms with van der Waals surface area (Å²) >= 11 is 0. The fraction of sp³-hybridized carbons (Fsp3) is 0.0667. The van der Waals surface area contributed by atoms with Crippen LogP contribution in [0.5, 0.6) is 0 Å². The van der Waals surface area contributed by atoms with Gasteiger partial charge in [0.15, 0.2) is 0 Å². The summed E-state index contributed by atoms with van der Waals surface area (Å²) < 4.78 is 38.3. The molecule has 0 aliphatic carbocycles. The van der Waals surface area contributed by atoms with Crippen LogP contribution < -0.4 is 0 Å². The number of aromatic nitrogens is 1. The molecule has 1 heterocycles. The standard InChI is InChI=1S/C15H10F3NO2/c16-15(17,18)12-8-6-11(7-9-13(20)21)14(19-12)10-4-2-1-3-5-10/h1-9H,(H,20,21)/b9-7+. The van der Waals surface area contributed by atoms with E-state index in [-0.39, 0.29) is 5.69 Å². The lowest BCUT2D eigenvalue weighted by molar-refractivity contribution is -0.141. The number of pyridine rings is 1. The van der Waals surface area contributed by atoms with E-state index in [4.69, 9.17) is 5.11 Å². The molecule has 0 saturated carbocycles. The number of nitrogens with zero attached hydrogens (tertiary/aromatic N) is 1. The normalized spacial score (nSPS) is 11.8. The van der Waals surface area contributed by atoms with Gasteiger partial charge < -0.3 is 5.11 Å². The molecule has 0 saturated heterocycles. The zero-order chi connectivity index (χ0) is 15.5. The monoisotopic (exact) mass is 293 g/mol. The van der Waals surface area contributed by atoms with Crippen molar-refractivity contribution in [1.82, 2.24) is 4.98 Å². The minimum atomic E-state index is -4.56. The first kappa shape index (κ1) is 14.8. The molecular formula is C15H10F3NO2. The molecule has 0 aliphatic rings. The number of hydrogen-bond acceptors (Lipinski definition) is 2. The molecule has 0 atom stereocenters. The van der Waals surface area contributed by atoms with E-state index in [9.17, 15) is 18.0 Å². The molecule has 21 heavy (non-hydrogen) atoms. The highest BCUT2D eigenvalue weighted by Crippen LogP contribution is 2.31. The van der Waals surface area contributed by atoms with Crippen LogP contribution in [0, 0.1) is 0 Å². The number of halogens is 3. The lowest BCUT2D eigenvalue weighted by Crippen LogP contribution is -2.09. The summed E-state index contributed by atoms with van der Waals surface area (Å²) in [5, 5.41) is 8.63. The van der Waals surface area contributed by atoms with E-state index < -0.39 is 17.8 Å². The van der Waals surface area contributed by atoms with Gasteiger partial charge in [0.25, 0.3) is 0 Å². The quantitative estimate of drug-likeness (QED) is 0.874. The van der Waals surface area contributed by atoms with Gasteiger partial charge in [-0.2, -0.15) is 13.2 Å². The molecule has 0 aliphatic heterocycles. The van der Waals surface area contributed by atoms with Gasteiger partial charge in [-0.25, -0.2) is 9.78 Å². The Balaban J connectivity index is 2.58. The van der Waals surface area contributed by atoms with Crippen molar-refractivity contribution in [2.24, 2.45) is 0 Å². The second-order valence-corrected chi connectivity index (χ2v) is 4.17. The molecule has 108 valence electrons. The first-order valence-corrected chi connectivity index (χ1v) is 5.92. The van der Waals surface area contributed by atoms with Crippen LogP contribution >= 0.6 is 0 Å². The van der Waals surface area contributed by atoms with Gasteiger partial charge in [0, 0.05) is 17.2 Å². The molecule has 1 aromatic heterocycles. The van der Waals surface area contributed by atoms with Crippen LogP contribution in [0.1, 0.15) is 11.3 Å². The minimum absolute atomic E-state index is 0.0860. The highest BCUT2D eigenvalue weighted by Gasteiger charge is 2.33. The van der Waals surface area contributed by atoms with Gasteiger partial charge in [0.1, 0.15) is 5.69 Å². The third-order valence-corrected chi connectivity index (χ3v) is 2.67. The predicted molar refractivity (Wildman–Crippen MR) is 71.3 cm³/mol. The molecule has 2 rings (SSSR count). The SMILES string of the molecule is O=C(O)/C=C/c1ccc(C(F)(F)F)nc1-c1ccccc1. The maximum atomic E-state index is 12.8. The van der Waals surface area contributed by atoms with Crippen LogP contribution in [0.15, 0.2) is 48.5 Å². The first-order chi connectivity index (χ1) is 9.88. The summed E-state index contributed by atoms with van der Waals surface area (Å²) in [4.78, 5) is 14.2. The van der Waals surface area contributed by atoms with Crippen LogP contribution in [0.2, 0.25) is 0 Å². The number of hydrogen-bond donors (Lipinski definition) is 1. The Bertz CT molecular complexity index is 679. The number of carbonyl (C=O) groups is 1. The van der Waals surface area contributed by atoms with Crippen molar-refractivity contribution in [3.63, 3.8) is 0 Å². The second-order valence-electron chi connectivity index (χ2n) is 4.17. The maximum absolute atomic E-state index is 12.8. The number of benzene rings is 1. The van der Waals surface area contributed by atoms with Gasteiger partial charge in [-0.05, 0) is 12.1 Å². The average Bonchev–Trinajstić information content (AvgIpc) is 2.45. The highest BCUT2D eigenvalue weighted by molar-refractivity contribution is 5.87. The number of carboxylic acid groups (broad SMARTS) is 1. The Morgan fingerprint density at radius 1 is 1.10 bits per heavy atom. The van der Waals surface area contributed by atoms with E-state index in [1.54, 1.807) is 30.3 Å². The zero-order valence-corrected chi connectivity index (χ0v) is 10.6. The Hall–Kier alpha value is -2.63. The third kappa shape index (κ3) is 3.68. The van der Waals surface area contributed by atoms with Crippen LogP contribution in [0.4, 0.5) is 13.2 Å². The summed E-state index contributed by atoms with van der Waals surface area (Å²) in [7, 11) is 0. The average molecular weight is 293 g/mol. The van der Waals surface area contributed by atoms with Crippen molar-refractivity contribution in [2.75, 3.05) is 0 Å². The largest absolute Gasteiger partial charge is 0.478 e. The zero-order valence-electron chi connectivity index (χ0n) is 10.6. The Kier molecular flexibility index (Phi) is 4.07. The van der Waals surface area contributed by atoms with Gasteiger partial charge in [0.2, 0.25) is 0 Å². The number of aliphatic carboxylic acids is 1. The molecule has 0 bridgehead atoms. The Labute approximate surface area is 118 Å². The van der Waals surface area contributed by atoms with E-state index in [0.29, 0.717) is 11.1 Å². The third-order valence-electron chi connectivity index (χ3n) is 2.67. The fourth-order valence-electron chi connectivity index (χ4n) is 1.75. The van der Waals surface area contributed by atoms with E-state index >= 15 is 0 Å². The molecule has 0 fully saturated rings. The number of alkyl halides is 3. The molecule has 0 unspecified atom stereocenters. The van der Waals surface area contributed by atoms with Crippen LogP contribution in [0.25, 0.3) is 17.3 Å². The molecule has 3 nitrogen and oxygen atoms in total. The van der Waals surface area contributed by atoms with Gasteiger partial charge >= 0.3 is 12.1 Å². The molecule has 0 radical (unpaired) electrons. The number of carboxylic acids is 1. The van der Waals surface area contributed by atoms with E-state index in [2.05, 4.69) is 4.98 Å². The molecule has 0 spiro atoms. The topological polar surface area (TPSA) is 50.2 Å². The van der Waals surface area contributed by atoms with Crippen LogP contribution in [-0.4, -0.2) is 16.1 Å². The van der Waals surface area contributed by atoms with E-state index in [1.165, 1.54) is 12.1 Å². The molecule has 6 heteroatoms. The van der Waals surface area contributed by atoms with Crippen molar-refractivity contribution in [3.8, 4) is 11.3 Å². The van der Waals surface area contributed by atoms with E-state index in [0.717, 1.165) is 12.1 Å². The van der Waals surface area contributed by atoms with Gasteiger partial charge in [-0.3, -0.25) is 0 Å². The molecule has 1 aromatic carbocycles. The summed E-state index contributed by atoms with van der Waals surface area (Å²) in [6, 6.07) is 10.3. The second kappa shape index (κ2) is 5.78. The van der Waals surface area contributed by atoms with Gasteiger partial charge in [-0.1, -0.05) is 36.4 Å². The Morgan fingerprint density at radius 2 is 1.76 bits per heavy atom. The van der Waals surface area contributed by atoms with Crippen molar-refractivity contribution in [2.45, 2.75) is 6.18 Å². The minimum Gasteiger partial charge on any atom is -0.478 e. The Morgan fingerprint density at radius 3 is 2.33 bits per heavy atom. The lowest BCUT2D eigenvalue weighted by Gasteiger charge is -2.10. The smallest absolute Gasteiger partial charge is 0.433 e. The van der Waals surface area contributed by atoms with Crippen molar-refractivity contribution in [1.29, 1.82) is 0 Å². The van der Waals surface area contributed by atoms with Crippen LogP contribution in [-0.2, 0) is 11.0 Å². The number of rotatable bonds is 3. The van der Waals surface area contributed by atoms with Gasteiger partial charge in [-0.15, -0.1) is 0 Å². The molecule has 0 amide bonds. The van der Waals surface area contributed by atoms with E-state index in [1.807, 2.05) is 0 Å². The molecule has 2 aromatic rings. The van der Waals surface area contributed by atoms with Crippen molar-refractivity contribution >= 4 is 12.0 Å². The van der Waals surface area contributed by atoms with Gasteiger partial charge in [0.05, 0.1) is 5.69 Å². The lowest BCUT2D eigenvalue weighted by atomic mass is 10.0. The predicted octanol–water partition coefficient (Wildman–Crippen LogP) is 3.87.